The molecule has 10 heavy (non-hydrogen) atoms. The molecule has 0 N–H and O–H groups in total. The van der Waals surface area contributed by atoms with Crippen LogP contribution in [0.3, 0.4) is 0 Å². The summed E-state index contributed by atoms with van der Waals surface area (Å²) in [6.07, 6.45) is -8.59. The molecule has 0 aromatic rings. The van der Waals surface area contributed by atoms with E-state index in [0.29, 0.717) is 0 Å². The van der Waals surface area contributed by atoms with Gasteiger partial charge in [0, 0.05) is 0 Å². The molecule has 3 atom stereocenters. The normalized spacial score (nSPS) is 50.1. The minimum Gasteiger partial charge on any atom is -0.313 e. The van der Waals surface area contributed by atoms with Crippen molar-refractivity contribution in [1.82, 2.24) is 0 Å². The van der Waals surface area contributed by atoms with E-state index < -0.39 is 25.0 Å². The van der Waals surface area contributed by atoms with Crippen LogP contribution in [0.1, 0.15) is 0 Å². The molecule has 0 spiro atoms. The Kier molecular flexibility index (Phi) is 1.04. The SMILES string of the molecule is FC1OC2OC2OC1(F)F. The summed E-state index contributed by atoms with van der Waals surface area (Å²) in [6, 6.07) is 0. The lowest BCUT2D eigenvalue weighted by atomic mass is 10.5. The second-order valence-electron chi connectivity index (χ2n) is 2.00. The van der Waals surface area contributed by atoms with Crippen molar-refractivity contribution in [3.05, 3.63) is 0 Å². The van der Waals surface area contributed by atoms with Crippen molar-refractivity contribution in [2.24, 2.45) is 0 Å². The number of rotatable bonds is 0. The average molecular weight is 156 g/mol. The zero-order valence-corrected chi connectivity index (χ0v) is 4.59. The molecular weight excluding hydrogens is 153 g/mol. The van der Waals surface area contributed by atoms with Gasteiger partial charge in [0.05, 0.1) is 0 Å². The van der Waals surface area contributed by atoms with Crippen LogP contribution in [-0.4, -0.2) is 25.0 Å². The van der Waals surface area contributed by atoms with Gasteiger partial charge in [0.1, 0.15) is 0 Å². The molecule has 0 saturated carbocycles. The number of halogens is 3. The Hall–Kier alpha value is -0.330. The van der Waals surface area contributed by atoms with Crippen molar-refractivity contribution in [1.29, 1.82) is 0 Å². The van der Waals surface area contributed by atoms with Crippen LogP contribution in [0.4, 0.5) is 13.2 Å². The summed E-state index contributed by atoms with van der Waals surface area (Å²) < 4.78 is 48.3. The molecule has 58 valence electrons. The highest BCUT2D eigenvalue weighted by atomic mass is 19.3. The van der Waals surface area contributed by atoms with E-state index in [1.165, 1.54) is 0 Å². The molecule has 2 saturated heterocycles. The zero-order chi connectivity index (χ0) is 7.35. The first-order valence-corrected chi connectivity index (χ1v) is 2.60. The lowest BCUT2D eigenvalue weighted by Gasteiger charge is -2.21. The average Bonchev–Trinajstić information content (AvgIpc) is 2.44. The minimum atomic E-state index is -3.86. The summed E-state index contributed by atoms with van der Waals surface area (Å²) in [6.45, 7) is 0. The Morgan fingerprint density at radius 3 is 2.40 bits per heavy atom. The van der Waals surface area contributed by atoms with E-state index in [2.05, 4.69) is 14.2 Å². The first-order chi connectivity index (χ1) is 4.59. The minimum absolute atomic E-state index is 0.936. The van der Waals surface area contributed by atoms with Gasteiger partial charge in [-0.2, -0.15) is 8.78 Å². The van der Waals surface area contributed by atoms with Gasteiger partial charge in [-0.15, -0.1) is 0 Å². The zero-order valence-electron chi connectivity index (χ0n) is 4.59. The van der Waals surface area contributed by atoms with E-state index in [1.807, 2.05) is 0 Å². The predicted molar refractivity (Wildman–Crippen MR) is 20.7 cm³/mol. The molecule has 2 rings (SSSR count). The third-order valence-corrected chi connectivity index (χ3v) is 1.20. The van der Waals surface area contributed by atoms with Crippen molar-refractivity contribution in [3.63, 3.8) is 0 Å². The third-order valence-electron chi connectivity index (χ3n) is 1.20. The predicted octanol–water partition coefficient (Wildman–Crippen LogP) is 0.604. The van der Waals surface area contributed by atoms with Crippen LogP contribution < -0.4 is 0 Å². The summed E-state index contributed by atoms with van der Waals surface area (Å²) in [5.41, 5.74) is 0. The van der Waals surface area contributed by atoms with Crippen LogP contribution in [0.15, 0.2) is 0 Å². The molecule has 0 amide bonds. The van der Waals surface area contributed by atoms with E-state index >= 15 is 0 Å². The van der Waals surface area contributed by atoms with E-state index in [-0.39, 0.29) is 0 Å². The van der Waals surface area contributed by atoms with Gasteiger partial charge >= 0.3 is 6.11 Å². The van der Waals surface area contributed by atoms with E-state index in [9.17, 15) is 13.2 Å². The topological polar surface area (TPSA) is 31.0 Å². The van der Waals surface area contributed by atoms with E-state index in [4.69, 9.17) is 0 Å². The van der Waals surface area contributed by atoms with Crippen molar-refractivity contribution < 1.29 is 27.4 Å². The van der Waals surface area contributed by atoms with Crippen LogP contribution in [0.5, 0.6) is 0 Å². The Balaban J connectivity index is 2.08. The summed E-state index contributed by atoms with van der Waals surface area (Å²) >= 11 is 0. The van der Waals surface area contributed by atoms with Crippen molar-refractivity contribution in [2.75, 3.05) is 0 Å². The highest BCUT2D eigenvalue weighted by Crippen LogP contribution is 2.41. The first-order valence-electron chi connectivity index (χ1n) is 2.60. The molecule has 6 heteroatoms. The van der Waals surface area contributed by atoms with Crippen molar-refractivity contribution in [2.45, 2.75) is 25.0 Å². The van der Waals surface area contributed by atoms with Crippen molar-refractivity contribution in [3.8, 4) is 0 Å². The van der Waals surface area contributed by atoms with Gasteiger partial charge in [-0.25, -0.2) is 4.39 Å². The van der Waals surface area contributed by atoms with Crippen LogP contribution >= 0.6 is 0 Å². The second kappa shape index (κ2) is 1.63. The standard InChI is InChI=1S/C4H3F3O3/c5-3-4(6,7)10-2-1(8-2)9-3/h1-3H. The lowest BCUT2D eigenvalue weighted by molar-refractivity contribution is -0.365. The third kappa shape index (κ3) is 0.799. The Morgan fingerprint density at radius 1 is 1.10 bits per heavy atom. The number of fused-ring (bicyclic) bond motifs is 1. The van der Waals surface area contributed by atoms with Gasteiger partial charge in [0.2, 0.25) is 12.6 Å². The van der Waals surface area contributed by atoms with E-state index in [1.54, 1.807) is 0 Å². The van der Waals surface area contributed by atoms with Crippen LogP contribution in [-0.2, 0) is 14.2 Å². The molecule has 3 unspecified atom stereocenters. The Labute approximate surface area is 53.7 Å². The molecule has 2 heterocycles. The largest absolute Gasteiger partial charge is 0.414 e. The fourth-order valence-electron chi connectivity index (χ4n) is 0.672. The molecule has 2 aliphatic rings. The first kappa shape index (κ1) is 6.38. The molecule has 0 aromatic carbocycles. The van der Waals surface area contributed by atoms with E-state index in [0.717, 1.165) is 0 Å². The van der Waals surface area contributed by atoms with Gasteiger partial charge in [-0.3, -0.25) is 4.74 Å². The quantitative estimate of drug-likeness (QED) is 0.481. The molecule has 0 aromatic heterocycles. The molecule has 2 fully saturated rings. The summed E-state index contributed by atoms with van der Waals surface area (Å²) in [4.78, 5) is 0. The smallest absolute Gasteiger partial charge is 0.313 e. The van der Waals surface area contributed by atoms with Crippen molar-refractivity contribution >= 4 is 0 Å². The van der Waals surface area contributed by atoms with Gasteiger partial charge < -0.3 is 9.47 Å². The number of hydrogen-bond donors (Lipinski definition) is 0. The Bertz CT molecular complexity index is 162. The monoisotopic (exact) mass is 156 g/mol. The maximum absolute atomic E-state index is 12.1. The fraction of sp³-hybridized carbons (Fsp3) is 1.00. The molecule has 0 aliphatic carbocycles. The maximum Gasteiger partial charge on any atom is 0.414 e. The van der Waals surface area contributed by atoms with Crippen LogP contribution in [0.2, 0.25) is 0 Å². The van der Waals surface area contributed by atoms with Crippen LogP contribution in [0, 0.1) is 0 Å². The number of ether oxygens (including phenoxy) is 3. The molecule has 0 bridgehead atoms. The molecule has 3 nitrogen and oxygen atoms in total. The number of hydrogen-bond acceptors (Lipinski definition) is 3. The molecule has 2 aliphatic heterocycles. The van der Waals surface area contributed by atoms with Gasteiger partial charge in [0.25, 0.3) is 6.36 Å². The fourth-order valence-corrected chi connectivity index (χ4v) is 0.672. The molecule has 0 radical (unpaired) electrons. The summed E-state index contributed by atoms with van der Waals surface area (Å²) in [7, 11) is 0. The highest BCUT2D eigenvalue weighted by Gasteiger charge is 2.61. The summed E-state index contributed by atoms with van der Waals surface area (Å²) in [5.74, 6) is 0. The van der Waals surface area contributed by atoms with Gasteiger partial charge in [-0.1, -0.05) is 0 Å². The second-order valence-corrected chi connectivity index (χ2v) is 2.00. The van der Waals surface area contributed by atoms with Gasteiger partial charge in [-0.05, 0) is 0 Å². The lowest BCUT2D eigenvalue weighted by Crippen LogP contribution is -2.41. The molecular formula is C4H3F3O3. The number of epoxide rings is 1. The highest BCUT2D eigenvalue weighted by molar-refractivity contribution is 4.77. The van der Waals surface area contributed by atoms with Crippen LogP contribution in [0.25, 0.3) is 0 Å². The Morgan fingerprint density at radius 2 is 1.80 bits per heavy atom. The summed E-state index contributed by atoms with van der Waals surface area (Å²) in [5, 5.41) is 0. The number of alkyl halides is 3. The van der Waals surface area contributed by atoms with Gasteiger partial charge in [0.15, 0.2) is 0 Å². The maximum atomic E-state index is 12.1.